The first-order valence-electron chi connectivity index (χ1n) is 10.6. The van der Waals surface area contributed by atoms with Crippen molar-refractivity contribution in [2.45, 2.75) is 69.6 Å². The van der Waals surface area contributed by atoms with Gasteiger partial charge in [-0.1, -0.05) is 36.8 Å². The minimum absolute atomic E-state index is 0.0597. The van der Waals surface area contributed by atoms with Crippen LogP contribution < -0.4 is 10.9 Å². The number of nitrogens with one attached hydrogen (secondary N) is 2. The molecule has 0 spiro atoms. The van der Waals surface area contributed by atoms with Gasteiger partial charge < -0.3 is 9.47 Å². The summed E-state index contributed by atoms with van der Waals surface area (Å²) < 4.78 is 2.29. The molecule has 0 radical (unpaired) electrons. The number of hydrogen-bond acceptors (Lipinski definition) is 5. The van der Waals surface area contributed by atoms with Crippen LogP contribution in [0, 0.1) is 0 Å². The molecule has 0 bridgehead atoms. The third-order valence-corrected chi connectivity index (χ3v) is 6.38. The summed E-state index contributed by atoms with van der Waals surface area (Å²) in [6.07, 6.45) is 7.38. The molecule has 2 N–H and O–H groups in total. The number of hydrazine groups is 1. The van der Waals surface area contributed by atoms with Gasteiger partial charge in [0.25, 0.3) is 0 Å². The highest BCUT2D eigenvalue weighted by Gasteiger charge is 2.39. The summed E-state index contributed by atoms with van der Waals surface area (Å²) in [7, 11) is 0. The van der Waals surface area contributed by atoms with Crippen molar-refractivity contribution < 1.29 is 4.79 Å². The van der Waals surface area contributed by atoms with E-state index in [1.54, 1.807) is 0 Å². The lowest BCUT2D eigenvalue weighted by atomic mass is 10.0. The largest absolute Gasteiger partial charge is 0.331 e. The molecule has 1 amide bonds. The summed E-state index contributed by atoms with van der Waals surface area (Å²) in [6, 6.07) is 10.3. The van der Waals surface area contributed by atoms with E-state index in [0.29, 0.717) is 0 Å². The Balaban J connectivity index is 1.32. The van der Waals surface area contributed by atoms with Gasteiger partial charge in [0.05, 0.1) is 6.04 Å². The number of carbonyl (C=O) groups excluding carboxylic acids is 1. The summed E-state index contributed by atoms with van der Waals surface area (Å²) >= 11 is 0. The van der Waals surface area contributed by atoms with E-state index in [1.807, 2.05) is 23.1 Å². The van der Waals surface area contributed by atoms with E-state index < -0.39 is 0 Å². The zero-order valence-electron chi connectivity index (χ0n) is 16.2. The van der Waals surface area contributed by atoms with E-state index in [4.69, 9.17) is 0 Å². The van der Waals surface area contributed by atoms with Crippen LogP contribution >= 0.6 is 0 Å². The van der Waals surface area contributed by atoms with Gasteiger partial charge in [-0.25, -0.2) is 10.9 Å². The minimum atomic E-state index is -0.197. The van der Waals surface area contributed by atoms with Crippen molar-refractivity contribution in [3.8, 4) is 0 Å². The van der Waals surface area contributed by atoms with Crippen LogP contribution in [0.15, 0.2) is 30.3 Å². The van der Waals surface area contributed by atoms with Gasteiger partial charge in [-0.2, -0.15) is 0 Å². The van der Waals surface area contributed by atoms with Crippen molar-refractivity contribution in [1.82, 2.24) is 30.5 Å². The summed E-state index contributed by atoms with van der Waals surface area (Å²) in [6.45, 7) is 1.79. The second-order valence-corrected chi connectivity index (χ2v) is 8.17. The topological polar surface area (TPSA) is 75.1 Å². The molecule has 0 saturated carbocycles. The van der Waals surface area contributed by atoms with Crippen LogP contribution in [0.4, 0.5) is 0 Å². The van der Waals surface area contributed by atoms with Crippen molar-refractivity contribution in [3.05, 3.63) is 47.5 Å². The highest BCUT2D eigenvalue weighted by atomic mass is 16.2. The molecule has 3 atom stereocenters. The van der Waals surface area contributed by atoms with Gasteiger partial charge in [-0.3, -0.25) is 4.79 Å². The Morgan fingerprint density at radius 3 is 2.79 bits per heavy atom. The van der Waals surface area contributed by atoms with E-state index in [-0.39, 0.29) is 24.0 Å². The molecule has 3 unspecified atom stereocenters. The number of rotatable bonds is 3. The third kappa shape index (κ3) is 3.22. The minimum Gasteiger partial charge on any atom is -0.331 e. The molecule has 148 valence electrons. The fourth-order valence-electron chi connectivity index (χ4n) is 4.88. The quantitative estimate of drug-likeness (QED) is 0.854. The number of likely N-dealkylation sites (tertiary alicyclic amines) is 1. The number of benzene rings is 1. The van der Waals surface area contributed by atoms with Crippen LogP contribution in [0.3, 0.4) is 0 Å². The number of carbonyl (C=O) groups is 1. The molecule has 2 fully saturated rings. The molecule has 4 heterocycles. The first kappa shape index (κ1) is 17.8. The van der Waals surface area contributed by atoms with Crippen LogP contribution in [0.25, 0.3) is 0 Å². The van der Waals surface area contributed by atoms with E-state index in [1.165, 1.54) is 24.8 Å². The van der Waals surface area contributed by atoms with Gasteiger partial charge in [-0.15, -0.1) is 10.2 Å². The lowest BCUT2D eigenvalue weighted by molar-refractivity contribution is -0.134. The van der Waals surface area contributed by atoms with Gasteiger partial charge in [0.1, 0.15) is 11.9 Å². The summed E-state index contributed by atoms with van der Waals surface area (Å²) in [5.74, 6) is 2.27. The second kappa shape index (κ2) is 7.64. The Kier molecular flexibility index (Phi) is 4.86. The van der Waals surface area contributed by atoms with Crippen molar-refractivity contribution in [3.63, 3.8) is 0 Å². The van der Waals surface area contributed by atoms with Gasteiger partial charge in [-0.05, 0) is 37.7 Å². The Morgan fingerprint density at radius 1 is 1.00 bits per heavy atom. The molecule has 1 aromatic carbocycles. The number of aryl methyl sites for hydroxylation is 1. The Hall–Kier alpha value is -2.25. The second-order valence-electron chi connectivity index (χ2n) is 8.17. The van der Waals surface area contributed by atoms with Gasteiger partial charge >= 0.3 is 0 Å². The first-order valence-corrected chi connectivity index (χ1v) is 10.6. The number of nitrogens with zero attached hydrogens (tertiary/aromatic N) is 4. The number of aromatic nitrogens is 3. The maximum atomic E-state index is 13.3. The lowest BCUT2D eigenvalue weighted by Gasteiger charge is -2.27. The maximum absolute atomic E-state index is 13.3. The summed E-state index contributed by atoms with van der Waals surface area (Å²) in [5, 5.41) is 8.98. The van der Waals surface area contributed by atoms with Gasteiger partial charge in [0.2, 0.25) is 5.91 Å². The lowest BCUT2D eigenvalue weighted by Crippen LogP contribution is -2.45. The van der Waals surface area contributed by atoms with Crippen LogP contribution in [-0.2, 0) is 17.8 Å². The molecule has 7 nitrogen and oxygen atoms in total. The Morgan fingerprint density at radius 2 is 1.89 bits per heavy atom. The van der Waals surface area contributed by atoms with Crippen molar-refractivity contribution in [2.24, 2.45) is 0 Å². The standard InChI is InChI=1S/C21H28N6O/c28-21(17-14-16(22-23-17)15-8-3-1-4-9-15)26-13-7-10-18(26)20-25-24-19-11-5-2-6-12-27(19)20/h1,3-4,8-9,16-18,22-23H,2,5-7,10-14H2. The molecule has 28 heavy (non-hydrogen) atoms. The fourth-order valence-corrected chi connectivity index (χ4v) is 4.88. The highest BCUT2D eigenvalue weighted by Crippen LogP contribution is 2.34. The van der Waals surface area contributed by atoms with E-state index >= 15 is 0 Å². The number of fused-ring (bicyclic) bond motifs is 1. The van der Waals surface area contributed by atoms with Gasteiger partial charge in [0.15, 0.2) is 5.82 Å². The molecule has 1 aromatic heterocycles. The molecule has 3 aliphatic heterocycles. The van der Waals surface area contributed by atoms with Gasteiger partial charge in [0, 0.05) is 25.6 Å². The summed E-state index contributed by atoms with van der Waals surface area (Å²) in [4.78, 5) is 15.4. The normalized spacial score (nSPS) is 27.6. The molecular weight excluding hydrogens is 352 g/mol. The number of amides is 1. The number of hydrogen-bond donors (Lipinski definition) is 2. The predicted molar refractivity (Wildman–Crippen MR) is 105 cm³/mol. The molecular formula is C21H28N6O. The zero-order valence-corrected chi connectivity index (χ0v) is 16.2. The Bertz CT molecular complexity index is 835. The molecule has 5 rings (SSSR count). The molecule has 7 heteroatoms. The maximum Gasteiger partial charge on any atom is 0.241 e. The smallest absolute Gasteiger partial charge is 0.241 e. The zero-order chi connectivity index (χ0) is 18.9. The van der Waals surface area contributed by atoms with Crippen molar-refractivity contribution in [2.75, 3.05) is 6.54 Å². The first-order chi connectivity index (χ1) is 13.8. The molecule has 2 aromatic rings. The average Bonchev–Trinajstić information content (AvgIpc) is 3.45. The Labute approximate surface area is 165 Å². The SMILES string of the molecule is O=C(C1CC(c2ccccc2)NN1)N1CCCC1c1nnc2n1CCCCC2. The van der Waals surface area contributed by atoms with Crippen LogP contribution in [0.1, 0.15) is 67.8 Å². The van der Waals surface area contributed by atoms with E-state index in [9.17, 15) is 4.79 Å². The van der Waals surface area contributed by atoms with Crippen molar-refractivity contribution >= 4 is 5.91 Å². The summed E-state index contributed by atoms with van der Waals surface area (Å²) in [5.41, 5.74) is 7.75. The van der Waals surface area contributed by atoms with E-state index in [2.05, 4.69) is 37.7 Å². The fraction of sp³-hybridized carbons (Fsp3) is 0.571. The van der Waals surface area contributed by atoms with Crippen LogP contribution in [0.5, 0.6) is 0 Å². The average molecular weight is 380 g/mol. The van der Waals surface area contributed by atoms with Crippen molar-refractivity contribution in [1.29, 1.82) is 0 Å². The highest BCUT2D eigenvalue weighted by molar-refractivity contribution is 5.83. The molecule has 3 aliphatic rings. The molecule has 2 saturated heterocycles. The van der Waals surface area contributed by atoms with Crippen LogP contribution in [0.2, 0.25) is 0 Å². The third-order valence-electron chi connectivity index (χ3n) is 6.38. The van der Waals surface area contributed by atoms with E-state index in [0.717, 1.165) is 50.4 Å². The van der Waals surface area contributed by atoms with Crippen LogP contribution in [-0.4, -0.2) is 38.2 Å². The predicted octanol–water partition coefficient (Wildman–Crippen LogP) is 2.28. The monoisotopic (exact) mass is 380 g/mol. The molecule has 0 aliphatic carbocycles.